The van der Waals surface area contributed by atoms with Crippen molar-refractivity contribution in [2.75, 3.05) is 19.3 Å². The number of halogens is 1. The number of hydrogen-bond donors (Lipinski definition) is 1. The molecular weight excluding hydrogens is 376 g/mol. The average Bonchev–Trinajstić information content (AvgIpc) is 2.56. The minimum atomic E-state index is -1.06. The number of carbonyl (C=O) groups is 1. The molecule has 0 saturated heterocycles. The number of hydrogen-bond acceptors (Lipinski definition) is 3. The molecule has 0 spiro atoms. The van der Waals surface area contributed by atoms with Gasteiger partial charge >= 0.3 is 0 Å². The Morgan fingerprint density at radius 1 is 1.35 bits per heavy atom. The van der Waals surface area contributed by atoms with E-state index in [9.17, 15) is 9.00 Å². The van der Waals surface area contributed by atoms with Gasteiger partial charge in [0.1, 0.15) is 0 Å². The Balaban J connectivity index is 1.98. The molecule has 0 bridgehead atoms. The fourth-order valence-electron chi connectivity index (χ4n) is 3.00. The lowest BCUT2D eigenvalue weighted by Gasteiger charge is -2.30. The molecule has 4 nitrogen and oxygen atoms in total. The van der Waals surface area contributed by atoms with Crippen LogP contribution in [0.1, 0.15) is 25.7 Å². The van der Waals surface area contributed by atoms with Crippen LogP contribution in [0.3, 0.4) is 0 Å². The van der Waals surface area contributed by atoms with E-state index in [0.29, 0.717) is 12.3 Å². The van der Waals surface area contributed by atoms with Crippen LogP contribution in [-0.4, -0.2) is 35.7 Å². The van der Waals surface area contributed by atoms with E-state index < -0.39 is 10.8 Å². The zero-order chi connectivity index (χ0) is 16.7. The first kappa shape index (κ1) is 18.3. The fraction of sp³-hybridized carbons (Fsp3) is 0.529. The van der Waals surface area contributed by atoms with Crippen molar-refractivity contribution in [3.63, 3.8) is 0 Å². The summed E-state index contributed by atoms with van der Waals surface area (Å²) in [5.41, 5.74) is 0. The van der Waals surface area contributed by atoms with E-state index in [4.69, 9.17) is 0 Å². The summed E-state index contributed by atoms with van der Waals surface area (Å²) < 4.78 is 13.6. The molecule has 126 valence electrons. The molecule has 23 heavy (non-hydrogen) atoms. The second kappa shape index (κ2) is 9.33. The standard InChI is InChI=1S/C17H23BrN2O2S/c1-19-10-11-20-17(21)16-5-3-2-4-13(16)12-23(22)15-8-6-14(18)7-9-15/h6-10,13,16H,2-5,11-12H2,1H3,(H,20,21). The van der Waals surface area contributed by atoms with Crippen LogP contribution < -0.4 is 5.32 Å². The van der Waals surface area contributed by atoms with Crippen LogP contribution in [0.5, 0.6) is 0 Å². The van der Waals surface area contributed by atoms with E-state index >= 15 is 0 Å². The van der Waals surface area contributed by atoms with Gasteiger partial charge in [0, 0.05) is 34.3 Å². The topological polar surface area (TPSA) is 58.5 Å². The van der Waals surface area contributed by atoms with Crippen molar-refractivity contribution < 1.29 is 9.00 Å². The summed E-state index contributed by atoms with van der Waals surface area (Å²) in [6.45, 7) is 0.467. The van der Waals surface area contributed by atoms with Gasteiger partial charge in [0.2, 0.25) is 5.91 Å². The summed E-state index contributed by atoms with van der Waals surface area (Å²) in [6, 6.07) is 7.58. The molecule has 3 atom stereocenters. The number of benzene rings is 1. The number of amides is 1. The highest BCUT2D eigenvalue weighted by Crippen LogP contribution is 2.32. The van der Waals surface area contributed by atoms with E-state index in [0.717, 1.165) is 35.1 Å². The Morgan fingerprint density at radius 3 is 2.74 bits per heavy atom. The highest BCUT2D eigenvalue weighted by atomic mass is 79.9. The van der Waals surface area contributed by atoms with Crippen LogP contribution >= 0.6 is 15.9 Å². The Hall–Kier alpha value is -1.01. The predicted octanol–water partition coefficient (Wildman–Crippen LogP) is 3.18. The molecule has 6 heteroatoms. The molecule has 1 N–H and O–H groups in total. The van der Waals surface area contributed by atoms with E-state index in [2.05, 4.69) is 26.2 Å². The molecular formula is C17H23BrN2O2S. The molecule has 3 unspecified atom stereocenters. The number of nitrogens with one attached hydrogen (secondary N) is 1. The van der Waals surface area contributed by atoms with Crippen molar-refractivity contribution in [3.05, 3.63) is 28.7 Å². The lowest BCUT2D eigenvalue weighted by Crippen LogP contribution is -2.39. The van der Waals surface area contributed by atoms with Crippen LogP contribution in [0.25, 0.3) is 0 Å². The van der Waals surface area contributed by atoms with Gasteiger partial charge in [0.15, 0.2) is 0 Å². The zero-order valence-corrected chi connectivity index (χ0v) is 15.7. The normalized spacial score (nSPS) is 22.9. The van der Waals surface area contributed by atoms with Crippen LogP contribution in [0.15, 0.2) is 38.6 Å². The first-order valence-corrected chi connectivity index (χ1v) is 10.0. The third-order valence-corrected chi connectivity index (χ3v) is 6.30. The highest BCUT2D eigenvalue weighted by molar-refractivity contribution is 9.10. The van der Waals surface area contributed by atoms with Crippen molar-refractivity contribution >= 4 is 38.9 Å². The molecule has 1 aromatic rings. The summed E-state index contributed by atoms with van der Waals surface area (Å²) in [5, 5.41) is 2.91. The van der Waals surface area contributed by atoms with Crippen molar-refractivity contribution in [2.45, 2.75) is 30.6 Å². The molecule has 1 saturated carbocycles. The maximum atomic E-state index is 12.6. The number of rotatable bonds is 6. The highest BCUT2D eigenvalue weighted by Gasteiger charge is 2.32. The first-order chi connectivity index (χ1) is 11.1. The molecule has 0 aliphatic heterocycles. The summed E-state index contributed by atoms with van der Waals surface area (Å²) in [6.07, 6.45) is 5.74. The quantitative estimate of drug-likeness (QED) is 0.747. The Morgan fingerprint density at radius 2 is 2.04 bits per heavy atom. The van der Waals surface area contributed by atoms with Crippen LogP contribution in [0, 0.1) is 11.8 Å². The largest absolute Gasteiger partial charge is 0.351 e. The van der Waals surface area contributed by atoms with E-state index in [1.54, 1.807) is 13.3 Å². The van der Waals surface area contributed by atoms with Gasteiger partial charge in [-0.15, -0.1) is 0 Å². The number of aliphatic imine (C=N–C) groups is 1. The summed E-state index contributed by atoms with van der Waals surface area (Å²) in [5.74, 6) is 0.782. The molecule has 1 fully saturated rings. The summed E-state index contributed by atoms with van der Waals surface area (Å²) >= 11 is 3.39. The maximum Gasteiger partial charge on any atom is 0.223 e. The Kier molecular flexibility index (Phi) is 7.43. The first-order valence-electron chi connectivity index (χ1n) is 7.94. The molecule has 0 heterocycles. The predicted molar refractivity (Wildman–Crippen MR) is 98.3 cm³/mol. The molecule has 1 aliphatic rings. The van der Waals surface area contributed by atoms with Crippen molar-refractivity contribution in [1.82, 2.24) is 5.32 Å². The number of nitrogens with zero attached hydrogens (tertiary/aromatic N) is 1. The second-order valence-electron chi connectivity index (χ2n) is 5.80. The lowest BCUT2D eigenvalue weighted by molar-refractivity contribution is -0.127. The van der Waals surface area contributed by atoms with Crippen LogP contribution in [0.2, 0.25) is 0 Å². The van der Waals surface area contributed by atoms with Crippen LogP contribution in [0.4, 0.5) is 0 Å². The Labute approximate surface area is 148 Å². The van der Waals surface area contributed by atoms with Gasteiger partial charge in [-0.1, -0.05) is 28.8 Å². The van der Waals surface area contributed by atoms with Crippen molar-refractivity contribution in [3.8, 4) is 0 Å². The average molecular weight is 399 g/mol. The summed E-state index contributed by atoms with van der Waals surface area (Å²) in [7, 11) is 0.630. The fourth-order valence-corrected chi connectivity index (χ4v) is 4.68. The van der Waals surface area contributed by atoms with E-state index in [-0.39, 0.29) is 17.7 Å². The Bertz CT molecular complexity index is 574. The zero-order valence-electron chi connectivity index (χ0n) is 13.3. The van der Waals surface area contributed by atoms with E-state index in [1.807, 2.05) is 24.3 Å². The molecule has 1 aromatic carbocycles. The molecule has 0 aromatic heterocycles. The lowest BCUT2D eigenvalue weighted by atomic mass is 9.80. The molecule has 0 radical (unpaired) electrons. The van der Waals surface area contributed by atoms with E-state index in [1.165, 1.54) is 0 Å². The van der Waals surface area contributed by atoms with Crippen molar-refractivity contribution in [2.24, 2.45) is 16.8 Å². The SMILES string of the molecule is CN=CCNC(=O)C1CCCCC1CS(=O)c1ccc(Br)cc1. The maximum absolute atomic E-state index is 12.6. The van der Waals surface area contributed by atoms with Gasteiger partial charge in [0.05, 0.1) is 17.3 Å². The molecule has 1 amide bonds. The van der Waals surface area contributed by atoms with Crippen molar-refractivity contribution in [1.29, 1.82) is 0 Å². The smallest absolute Gasteiger partial charge is 0.223 e. The van der Waals surface area contributed by atoms with Gasteiger partial charge in [-0.25, -0.2) is 0 Å². The monoisotopic (exact) mass is 398 g/mol. The van der Waals surface area contributed by atoms with Crippen LogP contribution in [-0.2, 0) is 15.6 Å². The third-order valence-electron chi connectivity index (χ3n) is 4.24. The van der Waals surface area contributed by atoms with Gasteiger partial charge < -0.3 is 5.32 Å². The summed E-state index contributed by atoms with van der Waals surface area (Å²) in [4.78, 5) is 17.1. The van der Waals surface area contributed by atoms with Gasteiger partial charge in [0.25, 0.3) is 0 Å². The number of carbonyl (C=O) groups excluding carboxylic acids is 1. The van der Waals surface area contributed by atoms with Gasteiger partial charge in [-0.2, -0.15) is 0 Å². The minimum Gasteiger partial charge on any atom is -0.351 e. The minimum absolute atomic E-state index is 0.0339. The molecule has 1 aliphatic carbocycles. The van der Waals surface area contributed by atoms with Gasteiger partial charge in [-0.05, 0) is 43.0 Å². The molecule has 2 rings (SSSR count). The van der Waals surface area contributed by atoms with Gasteiger partial charge in [-0.3, -0.25) is 14.0 Å². The second-order valence-corrected chi connectivity index (χ2v) is 8.21. The third kappa shape index (κ3) is 5.53.